The fourth-order valence-electron chi connectivity index (χ4n) is 3.98. The number of fused-ring (bicyclic) bond motifs is 1. The third-order valence-electron chi connectivity index (χ3n) is 5.99. The molecule has 0 aliphatic rings. The molecule has 1 aromatic heterocycles. The monoisotopic (exact) mass is 521 g/mol. The lowest BCUT2D eigenvalue weighted by Gasteiger charge is -2.12. The molecule has 0 spiro atoms. The number of hydrogen-bond donors (Lipinski definition) is 1. The van der Waals surface area contributed by atoms with Crippen molar-refractivity contribution in [3.05, 3.63) is 113 Å². The maximum Gasteiger partial charge on any atom is 0.338 e. The molecule has 0 saturated carbocycles. The van der Waals surface area contributed by atoms with Crippen LogP contribution in [0.4, 0.5) is 5.69 Å². The second kappa shape index (κ2) is 10.8. The lowest BCUT2D eigenvalue weighted by atomic mass is 10.0. The molecular formula is C31H24ClN3O3. The molecule has 0 saturated heterocycles. The summed E-state index contributed by atoms with van der Waals surface area (Å²) in [5.41, 5.74) is 7.64. The smallest absolute Gasteiger partial charge is 0.338 e. The highest BCUT2D eigenvalue weighted by Gasteiger charge is 2.16. The van der Waals surface area contributed by atoms with Gasteiger partial charge in [0.05, 0.1) is 28.0 Å². The van der Waals surface area contributed by atoms with E-state index in [1.807, 2.05) is 62.4 Å². The number of carbonyl (C=O) groups excluding carboxylic acids is 2. The Bertz CT molecular complexity index is 1650. The molecule has 5 rings (SSSR count). The SMILES string of the molecule is Cc1ccc(-c2nc3ccc(C(=O)OCC(=O)Nc4cccc(Cl)c4)cc3nc2-c2ccc(C)cc2)cc1. The summed E-state index contributed by atoms with van der Waals surface area (Å²) in [6, 6.07) is 28.0. The Morgan fingerprint density at radius 1 is 0.763 bits per heavy atom. The minimum Gasteiger partial charge on any atom is -0.452 e. The zero-order valence-electron chi connectivity index (χ0n) is 20.9. The predicted molar refractivity (Wildman–Crippen MR) is 150 cm³/mol. The minimum absolute atomic E-state index is 0.278. The number of nitrogens with zero attached hydrogens (tertiary/aromatic N) is 2. The quantitative estimate of drug-likeness (QED) is 0.243. The number of aromatic nitrogens is 2. The van der Waals surface area contributed by atoms with Gasteiger partial charge < -0.3 is 10.1 Å². The van der Waals surface area contributed by atoms with E-state index in [-0.39, 0.29) is 5.56 Å². The molecule has 7 heteroatoms. The van der Waals surface area contributed by atoms with Crippen molar-refractivity contribution in [1.82, 2.24) is 9.97 Å². The molecule has 38 heavy (non-hydrogen) atoms. The van der Waals surface area contributed by atoms with Gasteiger partial charge in [-0.15, -0.1) is 0 Å². The number of carbonyl (C=O) groups is 2. The summed E-state index contributed by atoms with van der Waals surface area (Å²) in [7, 11) is 0. The average molecular weight is 522 g/mol. The van der Waals surface area contributed by atoms with E-state index in [0.717, 1.165) is 27.9 Å². The number of anilines is 1. The molecule has 0 fully saturated rings. The van der Waals surface area contributed by atoms with Crippen molar-refractivity contribution in [3.63, 3.8) is 0 Å². The van der Waals surface area contributed by atoms with Gasteiger partial charge in [-0.3, -0.25) is 4.79 Å². The van der Waals surface area contributed by atoms with Crippen LogP contribution in [0.3, 0.4) is 0 Å². The van der Waals surface area contributed by atoms with Gasteiger partial charge in [0.2, 0.25) is 0 Å². The van der Waals surface area contributed by atoms with Crippen LogP contribution in [-0.4, -0.2) is 28.5 Å². The molecule has 4 aromatic carbocycles. The molecule has 1 heterocycles. The Labute approximate surface area is 225 Å². The number of esters is 1. The molecule has 0 atom stereocenters. The number of amides is 1. The fourth-order valence-corrected chi connectivity index (χ4v) is 4.17. The van der Waals surface area contributed by atoms with Crippen LogP contribution < -0.4 is 5.32 Å². The van der Waals surface area contributed by atoms with Gasteiger partial charge in [-0.25, -0.2) is 14.8 Å². The third kappa shape index (κ3) is 5.71. The van der Waals surface area contributed by atoms with Gasteiger partial charge in [0.25, 0.3) is 5.91 Å². The summed E-state index contributed by atoms with van der Waals surface area (Å²) < 4.78 is 5.24. The number of benzene rings is 4. The first-order valence-corrected chi connectivity index (χ1v) is 12.4. The maximum absolute atomic E-state index is 12.7. The normalized spacial score (nSPS) is 10.8. The Balaban J connectivity index is 1.42. The van der Waals surface area contributed by atoms with E-state index < -0.39 is 18.5 Å². The molecule has 0 unspecified atom stereocenters. The Morgan fingerprint density at radius 2 is 1.37 bits per heavy atom. The maximum atomic E-state index is 12.7. The molecular weight excluding hydrogens is 498 g/mol. The van der Waals surface area contributed by atoms with Crippen LogP contribution in [0, 0.1) is 13.8 Å². The number of hydrogen-bond acceptors (Lipinski definition) is 5. The highest BCUT2D eigenvalue weighted by molar-refractivity contribution is 6.30. The molecule has 0 radical (unpaired) electrons. The highest BCUT2D eigenvalue weighted by atomic mass is 35.5. The number of halogens is 1. The first kappa shape index (κ1) is 25.1. The lowest BCUT2D eigenvalue weighted by molar-refractivity contribution is -0.119. The third-order valence-corrected chi connectivity index (χ3v) is 6.23. The Hall–Kier alpha value is -4.55. The van der Waals surface area contributed by atoms with Gasteiger partial charge in [0, 0.05) is 21.8 Å². The fraction of sp³-hybridized carbons (Fsp3) is 0.0968. The molecule has 1 N–H and O–H groups in total. The molecule has 0 aliphatic carbocycles. The molecule has 6 nitrogen and oxygen atoms in total. The Kier molecular flexibility index (Phi) is 7.15. The van der Waals surface area contributed by atoms with Crippen LogP contribution >= 0.6 is 11.6 Å². The zero-order valence-corrected chi connectivity index (χ0v) is 21.6. The minimum atomic E-state index is -0.630. The van der Waals surface area contributed by atoms with Gasteiger partial charge >= 0.3 is 5.97 Å². The largest absolute Gasteiger partial charge is 0.452 e. The summed E-state index contributed by atoms with van der Waals surface area (Å²) in [5.74, 6) is -1.10. The van der Waals surface area contributed by atoms with Crippen molar-refractivity contribution in [2.75, 3.05) is 11.9 Å². The average Bonchev–Trinajstić information content (AvgIpc) is 2.91. The predicted octanol–water partition coefficient (Wildman–Crippen LogP) is 7.03. The van der Waals surface area contributed by atoms with Crippen LogP contribution in [-0.2, 0) is 9.53 Å². The van der Waals surface area contributed by atoms with Crippen molar-refractivity contribution in [2.45, 2.75) is 13.8 Å². The van der Waals surface area contributed by atoms with E-state index in [2.05, 4.69) is 5.32 Å². The van der Waals surface area contributed by atoms with E-state index in [4.69, 9.17) is 26.3 Å². The second-order valence-electron chi connectivity index (χ2n) is 8.99. The van der Waals surface area contributed by atoms with Gasteiger partial charge in [-0.1, -0.05) is 77.3 Å². The van der Waals surface area contributed by atoms with Crippen molar-refractivity contribution < 1.29 is 14.3 Å². The summed E-state index contributed by atoms with van der Waals surface area (Å²) in [6.45, 7) is 3.64. The highest BCUT2D eigenvalue weighted by Crippen LogP contribution is 2.31. The number of ether oxygens (including phenoxy) is 1. The van der Waals surface area contributed by atoms with Crippen LogP contribution in [0.5, 0.6) is 0 Å². The summed E-state index contributed by atoms with van der Waals surface area (Å²) >= 11 is 5.94. The topological polar surface area (TPSA) is 81.2 Å². The van der Waals surface area contributed by atoms with Crippen molar-refractivity contribution in [1.29, 1.82) is 0 Å². The Morgan fingerprint density at radius 3 is 1.97 bits per heavy atom. The lowest BCUT2D eigenvalue weighted by Crippen LogP contribution is -2.20. The van der Waals surface area contributed by atoms with E-state index >= 15 is 0 Å². The second-order valence-corrected chi connectivity index (χ2v) is 9.43. The molecule has 1 amide bonds. The van der Waals surface area contributed by atoms with E-state index in [9.17, 15) is 9.59 Å². The first-order chi connectivity index (χ1) is 18.4. The van der Waals surface area contributed by atoms with Crippen molar-refractivity contribution >= 4 is 40.2 Å². The number of nitrogens with one attached hydrogen (secondary N) is 1. The molecule has 188 valence electrons. The molecule has 5 aromatic rings. The van der Waals surface area contributed by atoms with Crippen LogP contribution in [0.15, 0.2) is 91.0 Å². The molecule has 0 bridgehead atoms. The van der Waals surface area contributed by atoms with Crippen molar-refractivity contribution in [2.24, 2.45) is 0 Å². The summed E-state index contributed by atoms with van der Waals surface area (Å²) in [5, 5.41) is 3.14. The molecule has 0 aliphatic heterocycles. The van der Waals surface area contributed by atoms with E-state index in [1.165, 1.54) is 0 Å². The number of aryl methyl sites for hydroxylation is 2. The van der Waals surface area contributed by atoms with Crippen LogP contribution in [0.2, 0.25) is 5.02 Å². The van der Waals surface area contributed by atoms with Gasteiger partial charge in [0.15, 0.2) is 6.61 Å². The van der Waals surface area contributed by atoms with E-state index in [1.54, 1.807) is 42.5 Å². The number of rotatable bonds is 6. The van der Waals surface area contributed by atoms with Crippen LogP contribution in [0.1, 0.15) is 21.5 Å². The summed E-state index contributed by atoms with van der Waals surface area (Å²) in [6.07, 6.45) is 0. The zero-order chi connectivity index (χ0) is 26.6. The van der Waals surface area contributed by atoms with Crippen molar-refractivity contribution in [3.8, 4) is 22.5 Å². The van der Waals surface area contributed by atoms with Crippen LogP contribution in [0.25, 0.3) is 33.5 Å². The summed E-state index contributed by atoms with van der Waals surface area (Å²) in [4.78, 5) is 34.8. The van der Waals surface area contributed by atoms with Gasteiger partial charge in [-0.05, 0) is 50.2 Å². The first-order valence-electron chi connectivity index (χ1n) is 12.0. The van der Waals surface area contributed by atoms with Gasteiger partial charge in [-0.2, -0.15) is 0 Å². The van der Waals surface area contributed by atoms with Gasteiger partial charge in [0.1, 0.15) is 0 Å². The van der Waals surface area contributed by atoms with E-state index in [0.29, 0.717) is 27.4 Å². The standard InChI is InChI=1S/C31H24ClN3O3/c1-19-6-10-21(11-7-19)29-30(22-12-8-20(2)9-13-22)35-27-16-23(14-15-26(27)34-29)31(37)38-18-28(36)33-25-5-3-4-24(32)17-25/h3-17H,18H2,1-2H3,(H,33,36).